The molecule has 3 aromatic rings. The number of anilines is 1. The van der Waals surface area contributed by atoms with Crippen LogP contribution in [0.15, 0.2) is 88.7 Å². The van der Waals surface area contributed by atoms with Crippen LogP contribution in [-0.2, 0) is 9.59 Å². The fraction of sp³-hybridized carbons (Fsp3) is 0.0833. The van der Waals surface area contributed by atoms with Crippen molar-refractivity contribution in [2.24, 2.45) is 0 Å². The number of amides is 2. The normalized spacial score (nSPS) is 13.9. The Bertz CT molecular complexity index is 1110. The maximum absolute atomic E-state index is 13.4. The van der Waals surface area contributed by atoms with Crippen molar-refractivity contribution in [2.45, 2.75) is 11.8 Å². The van der Waals surface area contributed by atoms with Gasteiger partial charge in [-0.1, -0.05) is 53.7 Å². The van der Waals surface area contributed by atoms with Crippen LogP contribution in [0.2, 0.25) is 5.02 Å². The number of imide groups is 1. The molecular weight excluding hydrogens is 418 g/mol. The van der Waals surface area contributed by atoms with Crippen LogP contribution in [0, 0.1) is 0 Å². The Hall–Kier alpha value is -3.02. The molecule has 0 radical (unpaired) electrons. The Morgan fingerprint density at radius 2 is 1.53 bits per heavy atom. The lowest BCUT2D eigenvalue weighted by atomic mass is 10.1. The zero-order valence-corrected chi connectivity index (χ0v) is 17.7. The molecule has 1 aliphatic rings. The molecular formula is C24H18ClNO3S. The summed E-state index contributed by atoms with van der Waals surface area (Å²) in [6, 6.07) is 23.4. The molecule has 0 atom stereocenters. The number of rotatable bonds is 6. The molecule has 0 aliphatic carbocycles. The molecule has 0 bridgehead atoms. The molecule has 4 nitrogen and oxygen atoms in total. The number of carbonyl (C=O) groups is 2. The van der Waals surface area contributed by atoms with E-state index in [1.807, 2.05) is 49.4 Å². The van der Waals surface area contributed by atoms with Gasteiger partial charge in [-0.3, -0.25) is 9.59 Å². The average molecular weight is 436 g/mol. The van der Waals surface area contributed by atoms with Gasteiger partial charge < -0.3 is 4.74 Å². The van der Waals surface area contributed by atoms with Crippen molar-refractivity contribution in [2.75, 3.05) is 11.5 Å². The summed E-state index contributed by atoms with van der Waals surface area (Å²) in [6.45, 7) is 2.47. The Balaban J connectivity index is 1.78. The molecule has 3 aromatic carbocycles. The highest BCUT2D eigenvalue weighted by molar-refractivity contribution is 8.04. The highest BCUT2D eigenvalue weighted by atomic mass is 35.5. The number of carbonyl (C=O) groups excluding carboxylic acids is 2. The van der Waals surface area contributed by atoms with Gasteiger partial charge in [0.15, 0.2) is 0 Å². The minimum Gasteiger partial charge on any atom is -0.494 e. The smallest absolute Gasteiger partial charge is 0.272 e. The number of hydrogen-bond acceptors (Lipinski definition) is 4. The first-order valence-electron chi connectivity index (χ1n) is 9.43. The number of benzene rings is 3. The summed E-state index contributed by atoms with van der Waals surface area (Å²) < 4.78 is 5.50. The molecule has 0 spiro atoms. The van der Waals surface area contributed by atoms with Crippen LogP contribution < -0.4 is 9.64 Å². The zero-order chi connectivity index (χ0) is 21.1. The quantitative estimate of drug-likeness (QED) is 0.458. The van der Waals surface area contributed by atoms with Crippen molar-refractivity contribution in [3.8, 4) is 5.75 Å². The maximum Gasteiger partial charge on any atom is 0.272 e. The SMILES string of the molecule is CCOc1ccc(C2=C(Sc3ccccc3)C(=O)N(c3ccc(Cl)cc3)C2=O)cc1. The first kappa shape index (κ1) is 20.3. The summed E-state index contributed by atoms with van der Waals surface area (Å²) >= 11 is 7.27. The van der Waals surface area contributed by atoms with Crippen LogP contribution in [0.3, 0.4) is 0 Å². The molecule has 4 rings (SSSR count). The van der Waals surface area contributed by atoms with Crippen LogP contribution in [-0.4, -0.2) is 18.4 Å². The van der Waals surface area contributed by atoms with E-state index in [0.717, 1.165) is 4.90 Å². The van der Waals surface area contributed by atoms with E-state index >= 15 is 0 Å². The molecule has 1 aliphatic heterocycles. The molecule has 30 heavy (non-hydrogen) atoms. The standard InChI is InChI=1S/C24H18ClNO3S/c1-2-29-19-14-8-16(9-15-19)21-22(30-20-6-4-3-5-7-20)24(28)26(23(21)27)18-12-10-17(25)11-13-18/h3-15H,2H2,1H3. The van der Waals surface area contributed by atoms with Crippen LogP contribution in [0.25, 0.3) is 5.57 Å². The Morgan fingerprint density at radius 1 is 0.867 bits per heavy atom. The largest absolute Gasteiger partial charge is 0.494 e. The molecule has 0 unspecified atom stereocenters. The third kappa shape index (κ3) is 3.99. The molecule has 2 amide bonds. The van der Waals surface area contributed by atoms with Gasteiger partial charge in [-0.2, -0.15) is 0 Å². The van der Waals surface area contributed by atoms with Crippen molar-refractivity contribution in [1.29, 1.82) is 0 Å². The Labute approximate surface area is 184 Å². The Kier molecular flexibility index (Phi) is 5.93. The van der Waals surface area contributed by atoms with Crippen LogP contribution in [0.5, 0.6) is 5.75 Å². The van der Waals surface area contributed by atoms with Gasteiger partial charge in [0.25, 0.3) is 11.8 Å². The zero-order valence-electron chi connectivity index (χ0n) is 16.2. The fourth-order valence-corrected chi connectivity index (χ4v) is 4.32. The van der Waals surface area contributed by atoms with Gasteiger partial charge in [-0.05, 0) is 61.0 Å². The van der Waals surface area contributed by atoms with E-state index in [9.17, 15) is 9.59 Å². The lowest BCUT2D eigenvalue weighted by molar-refractivity contribution is -0.119. The van der Waals surface area contributed by atoms with Crippen molar-refractivity contribution in [3.63, 3.8) is 0 Å². The molecule has 150 valence electrons. The molecule has 0 aromatic heterocycles. The van der Waals surface area contributed by atoms with Crippen molar-refractivity contribution in [3.05, 3.63) is 94.4 Å². The lowest BCUT2D eigenvalue weighted by Crippen LogP contribution is -2.31. The summed E-state index contributed by atoms with van der Waals surface area (Å²) in [5, 5.41) is 0.538. The summed E-state index contributed by atoms with van der Waals surface area (Å²) in [5.41, 5.74) is 1.54. The third-order valence-corrected chi connectivity index (χ3v) is 5.89. The minimum atomic E-state index is -0.357. The van der Waals surface area contributed by atoms with Crippen molar-refractivity contribution in [1.82, 2.24) is 0 Å². The highest BCUT2D eigenvalue weighted by Crippen LogP contribution is 2.41. The molecule has 6 heteroatoms. The van der Waals surface area contributed by atoms with E-state index in [4.69, 9.17) is 16.3 Å². The van der Waals surface area contributed by atoms with Crippen LogP contribution >= 0.6 is 23.4 Å². The first-order valence-corrected chi connectivity index (χ1v) is 10.6. The van der Waals surface area contributed by atoms with Gasteiger partial charge in [-0.25, -0.2) is 4.90 Å². The molecule has 1 heterocycles. The second kappa shape index (κ2) is 8.78. The summed E-state index contributed by atoms with van der Waals surface area (Å²) in [7, 11) is 0. The average Bonchev–Trinajstić information content (AvgIpc) is 3.00. The van der Waals surface area contributed by atoms with Gasteiger partial charge in [0.2, 0.25) is 0 Å². The lowest BCUT2D eigenvalue weighted by Gasteiger charge is -2.15. The number of halogens is 1. The Morgan fingerprint density at radius 3 is 2.17 bits per heavy atom. The van der Waals surface area contributed by atoms with E-state index < -0.39 is 0 Å². The fourth-order valence-electron chi connectivity index (χ4n) is 3.17. The predicted octanol–water partition coefficient (Wildman–Crippen LogP) is 5.82. The number of thioether (sulfide) groups is 1. The van der Waals surface area contributed by atoms with E-state index in [-0.39, 0.29) is 11.8 Å². The van der Waals surface area contributed by atoms with Gasteiger partial charge in [0.1, 0.15) is 5.75 Å². The number of ether oxygens (including phenoxy) is 1. The van der Waals surface area contributed by atoms with E-state index in [0.29, 0.717) is 39.1 Å². The summed E-state index contributed by atoms with van der Waals surface area (Å²) in [6.07, 6.45) is 0. The summed E-state index contributed by atoms with van der Waals surface area (Å²) in [5.74, 6) is 0.00964. The maximum atomic E-state index is 13.4. The van der Waals surface area contributed by atoms with E-state index in [1.54, 1.807) is 36.4 Å². The van der Waals surface area contributed by atoms with E-state index in [1.165, 1.54) is 16.7 Å². The van der Waals surface area contributed by atoms with Crippen molar-refractivity contribution < 1.29 is 14.3 Å². The van der Waals surface area contributed by atoms with Gasteiger partial charge in [-0.15, -0.1) is 0 Å². The van der Waals surface area contributed by atoms with Crippen LogP contribution in [0.1, 0.15) is 12.5 Å². The molecule has 0 fully saturated rings. The molecule has 0 saturated heterocycles. The topological polar surface area (TPSA) is 46.6 Å². The minimum absolute atomic E-state index is 0.347. The first-order chi connectivity index (χ1) is 14.6. The van der Waals surface area contributed by atoms with Gasteiger partial charge in [0.05, 0.1) is 22.8 Å². The molecule has 0 N–H and O–H groups in total. The monoisotopic (exact) mass is 435 g/mol. The summed E-state index contributed by atoms with van der Waals surface area (Å²) in [4.78, 5) is 29.2. The predicted molar refractivity (Wildman–Crippen MR) is 121 cm³/mol. The number of hydrogen-bond donors (Lipinski definition) is 0. The van der Waals surface area contributed by atoms with E-state index in [2.05, 4.69) is 0 Å². The number of nitrogens with zero attached hydrogens (tertiary/aromatic N) is 1. The second-order valence-electron chi connectivity index (χ2n) is 6.50. The van der Waals surface area contributed by atoms with Gasteiger partial charge >= 0.3 is 0 Å². The van der Waals surface area contributed by atoms with Crippen LogP contribution in [0.4, 0.5) is 5.69 Å². The second-order valence-corrected chi connectivity index (χ2v) is 8.02. The van der Waals surface area contributed by atoms with Crippen molar-refractivity contribution >= 4 is 46.4 Å². The molecule has 0 saturated carbocycles. The third-order valence-electron chi connectivity index (χ3n) is 4.54. The highest BCUT2D eigenvalue weighted by Gasteiger charge is 2.40. The van der Waals surface area contributed by atoms with Gasteiger partial charge in [0, 0.05) is 9.92 Å².